The van der Waals surface area contributed by atoms with E-state index in [1.54, 1.807) is 4.90 Å². The standard InChI is InChI=1S/C22H39F4N7O5S/c1-39(35,36)33-6-4-14(5-7-33)27-19-29-20(31-21(30-19)38-13-22(24,25)26)28-15-2-3-17(23)16(12-15)18(34)32-8-10-37-11-9-32/h14-17,19-21,27-31H,2-13H2,1H3. The lowest BCUT2D eigenvalue weighted by atomic mass is 9.83. The van der Waals surface area contributed by atoms with E-state index in [-0.39, 0.29) is 30.8 Å². The van der Waals surface area contributed by atoms with E-state index in [1.807, 2.05) is 0 Å². The number of carbonyl (C=O) groups is 1. The Balaban J connectivity index is 1.35. The SMILES string of the molecule is C[S+](=O)([O-])N1CCC(NC2NC(NC3CCC(F)C(C(=O)N4CCOCC4)C3)NC(OCC(F)(F)F)N2)CC1. The van der Waals surface area contributed by atoms with Gasteiger partial charge in [-0.15, -0.1) is 4.31 Å². The topological polar surface area (TPSA) is 142 Å². The first-order chi connectivity index (χ1) is 18.4. The van der Waals surface area contributed by atoms with Gasteiger partial charge in [0.1, 0.15) is 42.0 Å². The Bertz CT molecular complexity index is 857. The third kappa shape index (κ3) is 9.24. The molecule has 226 valence electrons. The number of piperidine rings is 1. The molecular weight excluding hydrogens is 550 g/mol. The van der Waals surface area contributed by atoms with Crippen molar-refractivity contribution in [2.45, 2.75) is 75.5 Å². The fourth-order valence-corrected chi connectivity index (χ4v) is 6.34. The van der Waals surface area contributed by atoms with Gasteiger partial charge in [-0.3, -0.25) is 31.4 Å². The molecule has 1 saturated carbocycles. The van der Waals surface area contributed by atoms with Crippen molar-refractivity contribution in [3.05, 3.63) is 0 Å². The minimum absolute atomic E-state index is 0.0903. The fourth-order valence-electron chi connectivity index (χ4n) is 5.46. The van der Waals surface area contributed by atoms with Gasteiger partial charge in [0.25, 0.3) is 0 Å². The second kappa shape index (κ2) is 13.3. The zero-order valence-corrected chi connectivity index (χ0v) is 22.7. The van der Waals surface area contributed by atoms with E-state index in [9.17, 15) is 31.1 Å². The highest BCUT2D eigenvalue weighted by atomic mass is 32.3. The molecule has 0 spiro atoms. The fraction of sp³-hybridized carbons (Fsp3) is 0.955. The number of ether oxygens (including phenoxy) is 2. The summed E-state index contributed by atoms with van der Waals surface area (Å²) in [6.45, 7) is 0.887. The first-order valence-corrected chi connectivity index (χ1v) is 15.2. The van der Waals surface area contributed by atoms with Crippen LogP contribution in [0.15, 0.2) is 0 Å². The van der Waals surface area contributed by atoms with Crippen LogP contribution in [0.3, 0.4) is 0 Å². The van der Waals surface area contributed by atoms with Crippen LogP contribution in [-0.2, 0) is 28.9 Å². The maximum Gasteiger partial charge on any atom is 0.411 e. The minimum atomic E-state index is -4.52. The molecule has 17 heteroatoms. The molecule has 0 aromatic heterocycles. The number of carbonyl (C=O) groups excluding carboxylic acids is 1. The number of amides is 1. The number of hydrogen-bond donors (Lipinski definition) is 5. The summed E-state index contributed by atoms with van der Waals surface area (Å²) in [6, 6.07) is -0.357. The van der Waals surface area contributed by atoms with Gasteiger partial charge in [0.15, 0.2) is 6.35 Å². The van der Waals surface area contributed by atoms with Gasteiger partial charge in [-0.05, 0) is 32.1 Å². The summed E-state index contributed by atoms with van der Waals surface area (Å²) in [6.07, 6.45) is -5.22. The molecule has 4 aliphatic rings. The number of rotatable bonds is 8. The number of halogens is 4. The normalized spacial score (nSPS) is 35.5. The molecule has 3 saturated heterocycles. The van der Waals surface area contributed by atoms with Crippen LogP contribution in [0.2, 0.25) is 0 Å². The maximum absolute atomic E-state index is 14.8. The Morgan fingerprint density at radius 3 is 2.23 bits per heavy atom. The molecule has 4 fully saturated rings. The molecule has 7 unspecified atom stereocenters. The number of sulfonamides is 1. The minimum Gasteiger partial charge on any atom is -0.598 e. The quantitative estimate of drug-likeness (QED) is 0.184. The molecule has 3 heterocycles. The average molecular weight is 590 g/mol. The summed E-state index contributed by atoms with van der Waals surface area (Å²) >= 11 is 0. The number of nitrogens with one attached hydrogen (secondary N) is 5. The summed E-state index contributed by atoms with van der Waals surface area (Å²) in [4.78, 5) is 14.6. The van der Waals surface area contributed by atoms with Crippen LogP contribution < -0.4 is 26.6 Å². The summed E-state index contributed by atoms with van der Waals surface area (Å²) in [7, 11) is -3.29. The predicted molar refractivity (Wildman–Crippen MR) is 132 cm³/mol. The zero-order chi connectivity index (χ0) is 28.2. The first-order valence-electron chi connectivity index (χ1n) is 13.3. The van der Waals surface area contributed by atoms with Gasteiger partial charge in [-0.1, -0.05) is 4.21 Å². The van der Waals surface area contributed by atoms with E-state index in [2.05, 4.69) is 26.6 Å². The van der Waals surface area contributed by atoms with Crippen LogP contribution in [0.4, 0.5) is 17.6 Å². The highest BCUT2D eigenvalue weighted by molar-refractivity contribution is 7.94. The van der Waals surface area contributed by atoms with Crippen LogP contribution in [-0.4, -0.2) is 115 Å². The molecular formula is C22H39F4N7O5S. The van der Waals surface area contributed by atoms with Crippen molar-refractivity contribution in [3.8, 4) is 0 Å². The van der Waals surface area contributed by atoms with E-state index in [0.29, 0.717) is 58.7 Å². The van der Waals surface area contributed by atoms with Gasteiger partial charge in [0.2, 0.25) is 5.91 Å². The van der Waals surface area contributed by atoms with Crippen molar-refractivity contribution in [2.75, 3.05) is 52.3 Å². The van der Waals surface area contributed by atoms with Gasteiger partial charge in [0.05, 0.1) is 19.1 Å². The van der Waals surface area contributed by atoms with Crippen LogP contribution in [0.1, 0.15) is 32.1 Å². The zero-order valence-electron chi connectivity index (χ0n) is 21.9. The van der Waals surface area contributed by atoms with Gasteiger partial charge >= 0.3 is 6.18 Å². The number of hydrogen-bond acceptors (Lipinski definition) is 10. The second-order valence-electron chi connectivity index (χ2n) is 10.5. The van der Waals surface area contributed by atoms with E-state index >= 15 is 0 Å². The van der Waals surface area contributed by atoms with Gasteiger partial charge in [-0.25, -0.2) is 4.39 Å². The summed E-state index contributed by atoms with van der Waals surface area (Å²) < 4.78 is 88.5. The summed E-state index contributed by atoms with van der Waals surface area (Å²) in [5, 5.41) is 15.5. The van der Waals surface area contributed by atoms with Gasteiger partial charge in [-0.2, -0.15) is 13.2 Å². The molecule has 1 aliphatic carbocycles. The Hall–Kier alpha value is -1.02. The van der Waals surface area contributed by atoms with E-state index in [4.69, 9.17) is 9.47 Å². The molecule has 39 heavy (non-hydrogen) atoms. The van der Waals surface area contributed by atoms with Crippen LogP contribution in [0, 0.1) is 5.92 Å². The number of morpholine rings is 1. The molecule has 0 aromatic carbocycles. The van der Waals surface area contributed by atoms with Crippen molar-refractivity contribution < 1.29 is 40.6 Å². The lowest BCUT2D eigenvalue weighted by molar-refractivity contribution is -0.199. The molecule has 1 amide bonds. The van der Waals surface area contributed by atoms with E-state index in [1.165, 1.54) is 4.31 Å². The predicted octanol–water partition coefficient (Wildman–Crippen LogP) is -0.618. The van der Waals surface area contributed by atoms with Crippen LogP contribution >= 0.6 is 0 Å². The lowest BCUT2D eigenvalue weighted by Gasteiger charge is -2.43. The highest BCUT2D eigenvalue weighted by Gasteiger charge is 2.40. The highest BCUT2D eigenvalue weighted by Crippen LogP contribution is 2.29. The van der Waals surface area contributed by atoms with Crippen LogP contribution in [0.5, 0.6) is 0 Å². The van der Waals surface area contributed by atoms with Crippen molar-refractivity contribution in [1.29, 1.82) is 0 Å². The van der Waals surface area contributed by atoms with E-state index in [0.717, 1.165) is 6.26 Å². The first kappa shape index (κ1) is 30.9. The number of alkyl halides is 4. The van der Waals surface area contributed by atoms with Crippen molar-refractivity contribution in [3.63, 3.8) is 0 Å². The molecule has 5 N–H and O–H groups in total. The van der Waals surface area contributed by atoms with Crippen molar-refractivity contribution in [1.82, 2.24) is 35.8 Å². The van der Waals surface area contributed by atoms with Crippen molar-refractivity contribution in [2.24, 2.45) is 5.92 Å². The van der Waals surface area contributed by atoms with Gasteiger partial charge < -0.3 is 18.9 Å². The maximum atomic E-state index is 14.8. The van der Waals surface area contributed by atoms with E-state index < -0.39 is 54.2 Å². The summed E-state index contributed by atoms with van der Waals surface area (Å²) in [5.41, 5.74) is 0. The Morgan fingerprint density at radius 2 is 1.64 bits per heavy atom. The number of nitrogens with zero attached hydrogens (tertiary/aromatic N) is 2. The molecule has 4 rings (SSSR count). The van der Waals surface area contributed by atoms with Crippen molar-refractivity contribution >= 4 is 16.3 Å². The molecule has 7 atom stereocenters. The molecule has 3 aliphatic heterocycles. The lowest BCUT2D eigenvalue weighted by Crippen LogP contribution is -2.76. The molecule has 0 radical (unpaired) electrons. The largest absolute Gasteiger partial charge is 0.598 e. The molecule has 0 bridgehead atoms. The Labute approximate surface area is 226 Å². The van der Waals surface area contributed by atoms with Gasteiger partial charge in [0, 0.05) is 38.3 Å². The summed E-state index contributed by atoms with van der Waals surface area (Å²) in [5.74, 6) is -1.04. The Kier molecular flexibility index (Phi) is 10.6. The Morgan fingerprint density at radius 1 is 1.03 bits per heavy atom. The average Bonchev–Trinajstić information content (AvgIpc) is 2.88. The second-order valence-corrected chi connectivity index (χ2v) is 12.5. The third-order valence-electron chi connectivity index (χ3n) is 7.52. The third-order valence-corrected chi connectivity index (χ3v) is 8.82. The van der Waals surface area contributed by atoms with Crippen LogP contribution in [0.25, 0.3) is 0 Å². The smallest absolute Gasteiger partial charge is 0.411 e. The monoisotopic (exact) mass is 589 g/mol. The molecule has 12 nitrogen and oxygen atoms in total. The molecule has 0 aromatic rings.